The zero-order valence-electron chi connectivity index (χ0n) is 20.5. The molecule has 3 N–H and O–H groups in total. The molecule has 1 fully saturated rings. The van der Waals surface area contributed by atoms with E-state index in [-0.39, 0.29) is 40.4 Å². The van der Waals surface area contributed by atoms with Gasteiger partial charge < -0.3 is 20.7 Å². The molecule has 5 rings (SSSR count). The summed E-state index contributed by atoms with van der Waals surface area (Å²) in [6.07, 6.45) is 0. The third-order valence-corrected chi connectivity index (χ3v) is 6.66. The number of halogens is 2. The maximum atomic E-state index is 15.2. The monoisotopic (exact) mass is 520 g/mol. The summed E-state index contributed by atoms with van der Waals surface area (Å²) in [6.45, 7) is 4.19. The predicted octanol–water partition coefficient (Wildman–Crippen LogP) is 3.19. The number of carbonyl (C=O) groups is 3. The van der Waals surface area contributed by atoms with Gasteiger partial charge in [0.15, 0.2) is 0 Å². The van der Waals surface area contributed by atoms with Crippen molar-refractivity contribution in [3.05, 3.63) is 88.5 Å². The number of nitrogens with one attached hydrogen (secondary N) is 3. The number of morpholine rings is 1. The van der Waals surface area contributed by atoms with Crippen LogP contribution in [0.2, 0.25) is 0 Å². The molecule has 196 valence electrons. The Kier molecular flexibility index (Phi) is 7.43. The Morgan fingerprint density at radius 2 is 1.68 bits per heavy atom. The van der Waals surface area contributed by atoms with Gasteiger partial charge in [0.1, 0.15) is 11.6 Å². The second-order valence-corrected chi connectivity index (χ2v) is 9.04. The maximum absolute atomic E-state index is 15.2. The zero-order valence-corrected chi connectivity index (χ0v) is 20.5. The average Bonchev–Trinajstić information content (AvgIpc) is 3.31. The summed E-state index contributed by atoms with van der Waals surface area (Å²) in [5, 5.41) is 8.09. The van der Waals surface area contributed by atoms with E-state index in [0.29, 0.717) is 37.4 Å². The van der Waals surface area contributed by atoms with Crippen LogP contribution in [0.1, 0.15) is 36.6 Å². The van der Waals surface area contributed by atoms with Crippen LogP contribution in [0.5, 0.6) is 0 Å². The molecule has 0 saturated carbocycles. The van der Waals surface area contributed by atoms with Gasteiger partial charge in [-0.15, -0.1) is 0 Å². The number of amides is 3. The molecule has 0 unspecified atom stereocenters. The smallest absolute Gasteiger partial charge is 0.258 e. The molecule has 2 aliphatic rings. The number of benzene rings is 3. The summed E-state index contributed by atoms with van der Waals surface area (Å²) in [5.41, 5.74) is 1.66. The first-order chi connectivity index (χ1) is 18.4. The third kappa shape index (κ3) is 5.27. The van der Waals surface area contributed by atoms with E-state index in [1.165, 1.54) is 42.5 Å². The van der Waals surface area contributed by atoms with Crippen LogP contribution in [0.3, 0.4) is 0 Å². The van der Waals surface area contributed by atoms with E-state index in [9.17, 15) is 18.8 Å². The van der Waals surface area contributed by atoms with Gasteiger partial charge in [0.2, 0.25) is 0 Å². The van der Waals surface area contributed by atoms with Gasteiger partial charge in [0.25, 0.3) is 17.7 Å². The molecule has 2 heterocycles. The van der Waals surface area contributed by atoms with E-state index >= 15 is 4.39 Å². The van der Waals surface area contributed by atoms with Crippen molar-refractivity contribution in [2.24, 2.45) is 0 Å². The Hall–Kier alpha value is -4.15. The summed E-state index contributed by atoms with van der Waals surface area (Å²) in [5.74, 6) is -2.78. The number of rotatable bonds is 7. The zero-order chi connectivity index (χ0) is 26.6. The SMILES string of the molecule is O=C(Nc1ccc(-c2ccc(C(=O)NCCN3CCOCC3)c3c2CNC3=O)c(F)c1)c1ccccc1F. The molecular formula is C28H26F2N4O4. The molecule has 1 saturated heterocycles. The first kappa shape index (κ1) is 25.5. The molecule has 0 aliphatic carbocycles. The fourth-order valence-electron chi connectivity index (χ4n) is 4.69. The van der Waals surface area contributed by atoms with Crippen LogP contribution >= 0.6 is 0 Å². The van der Waals surface area contributed by atoms with Gasteiger partial charge in [-0.25, -0.2) is 8.78 Å². The van der Waals surface area contributed by atoms with E-state index < -0.39 is 23.4 Å². The van der Waals surface area contributed by atoms with Gasteiger partial charge in [-0.05, 0) is 47.5 Å². The van der Waals surface area contributed by atoms with E-state index in [2.05, 4.69) is 20.9 Å². The van der Waals surface area contributed by atoms with Crippen molar-refractivity contribution in [2.45, 2.75) is 6.54 Å². The summed E-state index contributed by atoms with van der Waals surface area (Å²) in [6, 6.07) is 12.8. The predicted molar refractivity (Wildman–Crippen MR) is 137 cm³/mol. The highest BCUT2D eigenvalue weighted by atomic mass is 19.1. The number of ether oxygens (including phenoxy) is 1. The van der Waals surface area contributed by atoms with Crippen molar-refractivity contribution in [1.29, 1.82) is 0 Å². The average molecular weight is 521 g/mol. The number of carbonyl (C=O) groups excluding carboxylic acids is 3. The Bertz CT molecular complexity index is 1410. The molecule has 3 aromatic carbocycles. The number of fused-ring (bicyclic) bond motifs is 1. The highest BCUT2D eigenvalue weighted by molar-refractivity contribution is 6.11. The molecule has 10 heteroatoms. The van der Waals surface area contributed by atoms with E-state index in [1.54, 1.807) is 6.07 Å². The quantitative estimate of drug-likeness (QED) is 0.445. The van der Waals surface area contributed by atoms with Crippen LogP contribution in [0.4, 0.5) is 14.5 Å². The van der Waals surface area contributed by atoms with Crippen molar-refractivity contribution in [3.63, 3.8) is 0 Å². The van der Waals surface area contributed by atoms with Gasteiger partial charge in [-0.2, -0.15) is 0 Å². The minimum Gasteiger partial charge on any atom is -0.379 e. The van der Waals surface area contributed by atoms with Gasteiger partial charge in [-0.1, -0.05) is 18.2 Å². The molecular weight excluding hydrogens is 494 g/mol. The molecule has 3 amide bonds. The van der Waals surface area contributed by atoms with Crippen LogP contribution in [0.25, 0.3) is 11.1 Å². The third-order valence-electron chi connectivity index (χ3n) is 6.66. The standard InChI is InChI=1S/C28H26F2N4O4/c29-23-4-2-1-3-20(23)27(36)33-17-5-6-19(24(30)15-17)18-7-8-21(25-22(18)16-32-28(25)37)26(35)31-9-10-34-11-13-38-14-12-34/h1-8,15H,9-14,16H2,(H,31,35)(H,32,37)(H,33,36). The lowest BCUT2D eigenvalue weighted by molar-refractivity contribution is 0.0383. The lowest BCUT2D eigenvalue weighted by atomic mass is 9.92. The number of anilines is 1. The van der Waals surface area contributed by atoms with Crippen molar-refractivity contribution in [3.8, 4) is 11.1 Å². The van der Waals surface area contributed by atoms with Crippen LogP contribution in [-0.2, 0) is 11.3 Å². The van der Waals surface area contributed by atoms with E-state index in [1.807, 2.05) is 0 Å². The fraction of sp³-hybridized carbons (Fsp3) is 0.250. The highest BCUT2D eigenvalue weighted by Gasteiger charge is 2.29. The first-order valence-electron chi connectivity index (χ1n) is 12.3. The van der Waals surface area contributed by atoms with Crippen molar-refractivity contribution in [1.82, 2.24) is 15.5 Å². The van der Waals surface area contributed by atoms with Crippen molar-refractivity contribution < 1.29 is 27.9 Å². The largest absolute Gasteiger partial charge is 0.379 e. The molecule has 38 heavy (non-hydrogen) atoms. The van der Waals surface area contributed by atoms with Gasteiger partial charge in [-0.3, -0.25) is 19.3 Å². The summed E-state index contributed by atoms with van der Waals surface area (Å²) in [4.78, 5) is 40.1. The minimum atomic E-state index is -0.699. The summed E-state index contributed by atoms with van der Waals surface area (Å²) in [7, 11) is 0. The highest BCUT2D eigenvalue weighted by Crippen LogP contribution is 2.34. The van der Waals surface area contributed by atoms with E-state index in [4.69, 9.17) is 4.74 Å². The number of nitrogens with zero attached hydrogens (tertiary/aromatic N) is 1. The minimum absolute atomic E-state index is 0.154. The second kappa shape index (κ2) is 11.1. The molecule has 0 atom stereocenters. The van der Waals surface area contributed by atoms with Crippen LogP contribution < -0.4 is 16.0 Å². The topological polar surface area (TPSA) is 99.8 Å². The molecule has 0 aromatic heterocycles. The molecule has 0 spiro atoms. The lowest BCUT2D eigenvalue weighted by Crippen LogP contribution is -2.41. The molecule has 0 bridgehead atoms. The summed E-state index contributed by atoms with van der Waals surface area (Å²) >= 11 is 0. The number of hydrogen-bond donors (Lipinski definition) is 3. The van der Waals surface area contributed by atoms with Gasteiger partial charge >= 0.3 is 0 Å². The Morgan fingerprint density at radius 3 is 2.45 bits per heavy atom. The first-order valence-corrected chi connectivity index (χ1v) is 12.3. The molecule has 2 aliphatic heterocycles. The van der Waals surface area contributed by atoms with Gasteiger partial charge in [0, 0.05) is 44.0 Å². The molecule has 8 nitrogen and oxygen atoms in total. The molecule has 3 aromatic rings. The number of hydrogen-bond acceptors (Lipinski definition) is 5. The Labute approximate surface area is 218 Å². The van der Waals surface area contributed by atoms with Crippen molar-refractivity contribution in [2.75, 3.05) is 44.7 Å². The van der Waals surface area contributed by atoms with Crippen LogP contribution in [0, 0.1) is 11.6 Å². The van der Waals surface area contributed by atoms with Gasteiger partial charge in [0.05, 0.1) is 29.9 Å². The Balaban J connectivity index is 1.34. The van der Waals surface area contributed by atoms with Crippen LogP contribution in [-0.4, -0.2) is 62.0 Å². The van der Waals surface area contributed by atoms with E-state index in [0.717, 1.165) is 19.2 Å². The molecule has 0 radical (unpaired) electrons. The van der Waals surface area contributed by atoms with Crippen LogP contribution in [0.15, 0.2) is 54.6 Å². The Morgan fingerprint density at radius 1 is 0.921 bits per heavy atom. The van der Waals surface area contributed by atoms with Crippen molar-refractivity contribution >= 4 is 23.4 Å². The normalized spacial score (nSPS) is 15.1. The summed E-state index contributed by atoms with van der Waals surface area (Å²) < 4.78 is 34.4. The maximum Gasteiger partial charge on any atom is 0.258 e. The second-order valence-electron chi connectivity index (χ2n) is 9.04. The fourth-order valence-corrected chi connectivity index (χ4v) is 4.69. The lowest BCUT2D eigenvalue weighted by Gasteiger charge is -2.26.